The maximum Gasteiger partial charge on any atom is 0.256 e. The maximum atomic E-state index is 13.1. The molecule has 0 spiro atoms. The van der Waals surface area contributed by atoms with Crippen molar-refractivity contribution in [2.24, 2.45) is 0 Å². The molecule has 2 aromatic carbocycles. The molecule has 2 amide bonds. The summed E-state index contributed by atoms with van der Waals surface area (Å²) in [5.74, 6) is -0.0317. The smallest absolute Gasteiger partial charge is 0.256 e. The van der Waals surface area contributed by atoms with Gasteiger partial charge in [0, 0.05) is 35.5 Å². The Morgan fingerprint density at radius 2 is 1.90 bits per heavy atom. The highest BCUT2D eigenvalue weighted by Crippen LogP contribution is 2.31. The average molecular weight is 412 g/mol. The molecule has 2 heterocycles. The molecule has 2 aliphatic heterocycles. The number of anilines is 2. The molecule has 29 heavy (non-hydrogen) atoms. The lowest BCUT2D eigenvalue weighted by Crippen LogP contribution is -2.44. The van der Waals surface area contributed by atoms with E-state index in [1.807, 2.05) is 28.0 Å². The summed E-state index contributed by atoms with van der Waals surface area (Å²) in [7, 11) is 0. The van der Waals surface area contributed by atoms with E-state index in [1.165, 1.54) is 5.56 Å². The average Bonchev–Trinajstić information content (AvgIpc) is 3.27. The monoisotopic (exact) mass is 411 g/mol. The van der Waals surface area contributed by atoms with E-state index in [4.69, 9.17) is 11.6 Å². The number of nitrogens with zero attached hydrogens (tertiary/aromatic N) is 2. The molecule has 1 atom stereocenters. The molecule has 1 fully saturated rings. The number of halogens is 1. The van der Waals surface area contributed by atoms with E-state index in [9.17, 15) is 9.59 Å². The van der Waals surface area contributed by atoms with Crippen LogP contribution in [-0.4, -0.2) is 42.4 Å². The number of hydrogen-bond acceptors (Lipinski definition) is 3. The molecule has 0 radical (unpaired) electrons. The highest BCUT2D eigenvalue weighted by Gasteiger charge is 2.28. The predicted molar refractivity (Wildman–Crippen MR) is 117 cm³/mol. The Morgan fingerprint density at radius 1 is 1.14 bits per heavy atom. The number of likely N-dealkylation sites (tertiary alicyclic amines) is 1. The Kier molecular flexibility index (Phi) is 5.76. The Labute approximate surface area is 176 Å². The second kappa shape index (κ2) is 8.46. The zero-order valence-corrected chi connectivity index (χ0v) is 17.4. The van der Waals surface area contributed by atoms with Crippen molar-refractivity contribution in [3.8, 4) is 0 Å². The highest BCUT2D eigenvalue weighted by atomic mass is 35.5. The molecule has 6 heteroatoms. The van der Waals surface area contributed by atoms with E-state index in [2.05, 4.69) is 18.3 Å². The molecule has 152 valence electrons. The van der Waals surface area contributed by atoms with E-state index in [0.29, 0.717) is 16.3 Å². The van der Waals surface area contributed by atoms with Gasteiger partial charge in [-0.3, -0.25) is 9.59 Å². The molecular weight excluding hydrogens is 386 g/mol. The molecule has 5 nitrogen and oxygen atoms in total. The van der Waals surface area contributed by atoms with Crippen LogP contribution in [0.2, 0.25) is 5.02 Å². The summed E-state index contributed by atoms with van der Waals surface area (Å²) in [6, 6.07) is 13.4. The minimum atomic E-state index is -0.0309. The van der Waals surface area contributed by atoms with Gasteiger partial charge in [-0.1, -0.05) is 29.8 Å². The first kappa shape index (κ1) is 19.8. The number of hydrogen-bond donors (Lipinski definition) is 1. The third kappa shape index (κ3) is 4.10. The predicted octanol–water partition coefficient (Wildman–Crippen LogP) is 4.36. The van der Waals surface area contributed by atoms with E-state index in [0.717, 1.165) is 44.5 Å². The standard InChI is InChI=1S/C23H26ClN3O2/c1-16-8-9-17-6-2-3-7-21(17)27(16)22(28)15-25-20-11-10-18(24)14-19(20)23(29)26-12-4-5-13-26/h2-3,6-7,10-11,14,16,25H,4-5,8-9,12-13,15H2,1H3. The summed E-state index contributed by atoms with van der Waals surface area (Å²) in [6.07, 6.45) is 3.99. The fourth-order valence-electron chi connectivity index (χ4n) is 4.26. The summed E-state index contributed by atoms with van der Waals surface area (Å²) in [6.45, 7) is 3.75. The Morgan fingerprint density at radius 3 is 2.69 bits per heavy atom. The Bertz CT molecular complexity index is 924. The van der Waals surface area contributed by atoms with E-state index in [1.54, 1.807) is 18.2 Å². The van der Waals surface area contributed by atoms with Crippen LogP contribution >= 0.6 is 11.6 Å². The number of rotatable bonds is 4. The number of nitrogens with one attached hydrogen (secondary N) is 1. The van der Waals surface area contributed by atoms with Crippen molar-refractivity contribution in [3.05, 3.63) is 58.6 Å². The van der Waals surface area contributed by atoms with Gasteiger partial charge in [0.15, 0.2) is 0 Å². The van der Waals surface area contributed by atoms with Crippen molar-refractivity contribution < 1.29 is 9.59 Å². The van der Waals surface area contributed by atoms with Gasteiger partial charge in [-0.05, 0) is 62.4 Å². The Balaban J connectivity index is 1.52. The number of fused-ring (bicyclic) bond motifs is 1. The van der Waals surface area contributed by atoms with Crippen molar-refractivity contribution in [2.75, 3.05) is 29.9 Å². The molecule has 0 saturated carbocycles. The zero-order valence-electron chi connectivity index (χ0n) is 16.7. The van der Waals surface area contributed by atoms with Gasteiger partial charge in [-0.25, -0.2) is 0 Å². The number of carbonyl (C=O) groups excluding carboxylic acids is 2. The van der Waals surface area contributed by atoms with Crippen molar-refractivity contribution in [2.45, 2.75) is 38.6 Å². The van der Waals surface area contributed by atoms with Gasteiger partial charge >= 0.3 is 0 Å². The van der Waals surface area contributed by atoms with Gasteiger partial charge in [-0.2, -0.15) is 0 Å². The topological polar surface area (TPSA) is 52.7 Å². The minimum Gasteiger partial charge on any atom is -0.375 e. The summed E-state index contributed by atoms with van der Waals surface area (Å²) in [5.41, 5.74) is 3.37. The second-order valence-corrected chi connectivity index (χ2v) is 8.26. The lowest BCUT2D eigenvalue weighted by atomic mass is 9.96. The van der Waals surface area contributed by atoms with Crippen LogP contribution < -0.4 is 10.2 Å². The highest BCUT2D eigenvalue weighted by molar-refractivity contribution is 6.31. The lowest BCUT2D eigenvalue weighted by Gasteiger charge is -2.35. The van der Waals surface area contributed by atoms with Gasteiger partial charge in [-0.15, -0.1) is 0 Å². The van der Waals surface area contributed by atoms with Crippen LogP contribution in [0.1, 0.15) is 42.1 Å². The van der Waals surface area contributed by atoms with Crippen LogP contribution in [0.5, 0.6) is 0 Å². The van der Waals surface area contributed by atoms with Crippen molar-refractivity contribution >= 4 is 34.8 Å². The van der Waals surface area contributed by atoms with Gasteiger partial charge in [0.25, 0.3) is 5.91 Å². The first-order chi connectivity index (χ1) is 14.0. The normalized spacial score (nSPS) is 18.5. The molecule has 1 N–H and O–H groups in total. The number of amides is 2. The molecular formula is C23H26ClN3O2. The molecule has 4 rings (SSSR count). The SMILES string of the molecule is CC1CCc2ccccc2N1C(=O)CNc1ccc(Cl)cc1C(=O)N1CCCC1. The number of para-hydroxylation sites is 1. The van der Waals surface area contributed by atoms with Gasteiger partial charge in [0.05, 0.1) is 12.1 Å². The van der Waals surface area contributed by atoms with E-state index >= 15 is 0 Å². The second-order valence-electron chi connectivity index (χ2n) is 7.82. The quantitative estimate of drug-likeness (QED) is 0.813. The lowest BCUT2D eigenvalue weighted by molar-refractivity contribution is -0.117. The van der Waals surface area contributed by atoms with Gasteiger partial charge < -0.3 is 15.1 Å². The minimum absolute atomic E-state index is 0.000767. The van der Waals surface area contributed by atoms with Crippen LogP contribution in [-0.2, 0) is 11.2 Å². The molecule has 2 aliphatic rings. The number of carbonyl (C=O) groups is 2. The van der Waals surface area contributed by atoms with Crippen LogP contribution in [0.3, 0.4) is 0 Å². The van der Waals surface area contributed by atoms with E-state index < -0.39 is 0 Å². The van der Waals surface area contributed by atoms with Crippen molar-refractivity contribution in [1.29, 1.82) is 0 Å². The summed E-state index contributed by atoms with van der Waals surface area (Å²) < 4.78 is 0. The fourth-order valence-corrected chi connectivity index (χ4v) is 4.43. The fraction of sp³-hybridized carbons (Fsp3) is 0.391. The van der Waals surface area contributed by atoms with Crippen molar-refractivity contribution in [3.63, 3.8) is 0 Å². The van der Waals surface area contributed by atoms with Crippen LogP contribution in [0.4, 0.5) is 11.4 Å². The molecule has 1 unspecified atom stereocenters. The molecule has 0 aromatic heterocycles. The van der Waals surface area contributed by atoms with Gasteiger partial charge in [0.1, 0.15) is 0 Å². The largest absolute Gasteiger partial charge is 0.375 e. The van der Waals surface area contributed by atoms with Crippen LogP contribution in [0, 0.1) is 0 Å². The third-order valence-electron chi connectivity index (χ3n) is 5.83. The van der Waals surface area contributed by atoms with Gasteiger partial charge in [0.2, 0.25) is 5.91 Å². The van der Waals surface area contributed by atoms with Crippen LogP contribution in [0.15, 0.2) is 42.5 Å². The summed E-state index contributed by atoms with van der Waals surface area (Å²) >= 11 is 6.15. The van der Waals surface area contributed by atoms with Crippen molar-refractivity contribution in [1.82, 2.24) is 4.90 Å². The first-order valence-electron chi connectivity index (χ1n) is 10.3. The maximum absolute atomic E-state index is 13.1. The molecule has 0 bridgehead atoms. The molecule has 0 aliphatic carbocycles. The first-order valence-corrected chi connectivity index (χ1v) is 10.6. The van der Waals surface area contributed by atoms with E-state index in [-0.39, 0.29) is 24.4 Å². The number of benzene rings is 2. The summed E-state index contributed by atoms with van der Waals surface area (Å²) in [5, 5.41) is 3.71. The third-order valence-corrected chi connectivity index (χ3v) is 6.06. The Hall–Kier alpha value is -2.53. The summed E-state index contributed by atoms with van der Waals surface area (Å²) in [4.78, 5) is 29.7. The zero-order chi connectivity index (χ0) is 20.4. The molecule has 1 saturated heterocycles. The van der Waals surface area contributed by atoms with Crippen LogP contribution in [0.25, 0.3) is 0 Å². The number of aryl methyl sites for hydroxylation is 1. The molecule has 2 aromatic rings.